The lowest BCUT2D eigenvalue weighted by molar-refractivity contribution is -0.153. The Balaban J connectivity index is 1.33. The molecule has 1 saturated carbocycles. The zero-order chi connectivity index (χ0) is 30.4. The topological polar surface area (TPSA) is 111 Å². The van der Waals surface area contributed by atoms with E-state index in [0.717, 1.165) is 57.4 Å². The van der Waals surface area contributed by atoms with Crippen molar-refractivity contribution in [2.24, 2.45) is 11.8 Å². The molecule has 1 amide bonds. The number of fused-ring (bicyclic) bond motifs is 2. The number of nitrogens with zero attached hydrogens (tertiary/aromatic N) is 3. The zero-order valence-corrected chi connectivity index (χ0v) is 26.1. The van der Waals surface area contributed by atoms with Crippen LogP contribution in [0.5, 0.6) is 5.75 Å². The molecule has 1 aliphatic carbocycles. The fraction of sp³-hybridized carbons (Fsp3) is 0.697. The zero-order valence-electron chi connectivity index (χ0n) is 26.1. The number of piperazine rings is 1. The predicted octanol–water partition coefficient (Wildman–Crippen LogP) is 2.74. The maximum Gasteiger partial charge on any atom is 0.246 e. The molecule has 1 spiro atoms. The fourth-order valence-corrected chi connectivity index (χ4v) is 7.66. The molecule has 43 heavy (non-hydrogen) atoms. The summed E-state index contributed by atoms with van der Waals surface area (Å²) in [5, 5.41) is 20.4. The Bertz CT molecular complexity index is 1140. The predicted molar refractivity (Wildman–Crippen MR) is 165 cm³/mol. The van der Waals surface area contributed by atoms with E-state index in [1.807, 2.05) is 18.0 Å². The first kappa shape index (κ1) is 31.9. The minimum Gasteiger partial charge on any atom is -0.496 e. The minimum atomic E-state index is -0.291. The standard InChI is InChI=1S/C33H50N6O4/c1-5-30(40)39-17-16-38(20-25(39)12-14-34)31-26-11-13-33(18-27-24(22-43-33)9-6-10-29(27)41-4)19-28(26)36-32(37-31)42-21-23(2)8-7-15-35-3/h5-6,9-10,23,25-26,28,31-32,35-37H,1,7-8,11-13,15-22H2,2-4H3/t23?,25?,26?,28?,31?,32?,33-/m0/s1. The molecule has 7 atom stereocenters. The second kappa shape index (κ2) is 14.5. The molecule has 0 bridgehead atoms. The van der Waals surface area contributed by atoms with Crippen LogP contribution in [0, 0.1) is 23.2 Å². The van der Waals surface area contributed by atoms with Crippen LogP contribution in [0.15, 0.2) is 30.9 Å². The van der Waals surface area contributed by atoms with Crippen LogP contribution in [-0.4, -0.2) is 92.9 Å². The number of benzene rings is 1. The summed E-state index contributed by atoms with van der Waals surface area (Å²) in [6.45, 7) is 10.2. The molecule has 6 unspecified atom stereocenters. The number of amides is 1. The molecule has 0 aromatic heterocycles. The van der Waals surface area contributed by atoms with Gasteiger partial charge in [0.2, 0.25) is 5.91 Å². The Morgan fingerprint density at radius 2 is 2.23 bits per heavy atom. The summed E-state index contributed by atoms with van der Waals surface area (Å²) in [4.78, 5) is 16.8. The highest BCUT2D eigenvalue weighted by Gasteiger charge is 2.51. The number of methoxy groups -OCH3 is 1. The molecule has 2 saturated heterocycles. The molecule has 3 heterocycles. The van der Waals surface area contributed by atoms with Crippen molar-refractivity contribution in [1.29, 1.82) is 5.26 Å². The number of nitriles is 1. The number of rotatable bonds is 11. The molecule has 3 fully saturated rings. The molecule has 3 N–H and O–H groups in total. The van der Waals surface area contributed by atoms with Gasteiger partial charge in [-0.2, -0.15) is 5.26 Å². The van der Waals surface area contributed by atoms with E-state index in [9.17, 15) is 10.1 Å². The minimum absolute atomic E-state index is 0.0702. The number of carbonyl (C=O) groups is 1. The van der Waals surface area contributed by atoms with Crippen molar-refractivity contribution in [3.8, 4) is 11.8 Å². The van der Waals surface area contributed by atoms with Gasteiger partial charge < -0.3 is 24.4 Å². The van der Waals surface area contributed by atoms with Gasteiger partial charge in [-0.3, -0.25) is 20.3 Å². The Morgan fingerprint density at radius 1 is 1.37 bits per heavy atom. The highest BCUT2D eigenvalue weighted by molar-refractivity contribution is 5.87. The van der Waals surface area contributed by atoms with Crippen LogP contribution in [0.1, 0.15) is 56.6 Å². The first-order chi connectivity index (χ1) is 20.9. The molecule has 3 aliphatic heterocycles. The van der Waals surface area contributed by atoms with E-state index in [-0.39, 0.29) is 36.1 Å². The molecule has 1 aromatic carbocycles. The van der Waals surface area contributed by atoms with Crippen LogP contribution in [-0.2, 0) is 27.3 Å². The molecule has 0 radical (unpaired) electrons. The van der Waals surface area contributed by atoms with Gasteiger partial charge in [-0.15, -0.1) is 0 Å². The van der Waals surface area contributed by atoms with Crippen molar-refractivity contribution in [2.45, 2.75) is 88.7 Å². The van der Waals surface area contributed by atoms with Crippen molar-refractivity contribution in [2.75, 3.05) is 46.9 Å². The first-order valence-corrected chi connectivity index (χ1v) is 16.0. The monoisotopic (exact) mass is 594 g/mol. The van der Waals surface area contributed by atoms with Gasteiger partial charge in [-0.05, 0) is 69.3 Å². The van der Waals surface area contributed by atoms with Crippen LogP contribution < -0.4 is 20.7 Å². The SMILES string of the molecule is C=CC(=O)N1CCN(C2NC(OCC(C)CCCNC)NC3C[C@]4(CCC32)Cc2c(cccc2OC)CO4)CC1CC#N. The van der Waals surface area contributed by atoms with Crippen molar-refractivity contribution in [3.63, 3.8) is 0 Å². The Kier molecular flexibility index (Phi) is 10.8. The third-order valence-electron chi connectivity index (χ3n) is 9.98. The van der Waals surface area contributed by atoms with Gasteiger partial charge in [-0.1, -0.05) is 25.6 Å². The average Bonchev–Trinajstić information content (AvgIpc) is 3.02. The highest BCUT2D eigenvalue weighted by Crippen LogP contribution is 2.45. The van der Waals surface area contributed by atoms with Gasteiger partial charge in [0, 0.05) is 43.6 Å². The van der Waals surface area contributed by atoms with E-state index in [0.29, 0.717) is 44.6 Å². The summed E-state index contributed by atoms with van der Waals surface area (Å²) >= 11 is 0. The van der Waals surface area contributed by atoms with Crippen LogP contribution >= 0.6 is 0 Å². The lowest BCUT2D eigenvalue weighted by atomic mass is 9.69. The summed E-state index contributed by atoms with van der Waals surface area (Å²) in [5.41, 5.74) is 2.24. The van der Waals surface area contributed by atoms with Gasteiger partial charge >= 0.3 is 0 Å². The quantitative estimate of drug-likeness (QED) is 0.263. The lowest BCUT2D eigenvalue weighted by Gasteiger charge is -2.56. The van der Waals surface area contributed by atoms with Gasteiger partial charge in [0.05, 0.1) is 50.6 Å². The summed E-state index contributed by atoms with van der Waals surface area (Å²) in [5.74, 6) is 1.63. The number of hydrogen-bond acceptors (Lipinski definition) is 9. The highest BCUT2D eigenvalue weighted by atomic mass is 16.5. The second-order valence-electron chi connectivity index (χ2n) is 12.8. The molecule has 4 aliphatic rings. The van der Waals surface area contributed by atoms with E-state index in [2.05, 4.69) is 52.6 Å². The molecule has 1 aromatic rings. The van der Waals surface area contributed by atoms with Crippen LogP contribution in [0.4, 0.5) is 0 Å². The van der Waals surface area contributed by atoms with Crippen molar-refractivity contribution in [3.05, 3.63) is 42.0 Å². The van der Waals surface area contributed by atoms with Gasteiger partial charge in [-0.25, -0.2) is 0 Å². The van der Waals surface area contributed by atoms with E-state index in [1.54, 1.807) is 7.11 Å². The van der Waals surface area contributed by atoms with E-state index in [4.69, 9.17) is 14.2 Å². The molecular weight excluding hydrogens is 544 g/mol. The van der Waals surface area contributed by atoms with Crippen LogP contribution in [0.3, 0.4) is 0 Å². The van der Waals surface area contributed by atoms with E-state index < -0.39 is 0 Å². The molecule has 10 nitrogen and oxygen atoms in total. The van der Waals surface area contributed by atoms with Gasteiger partial charge in [0.1, 0.15) is 5.75 Å². The number of hydrogen-bond donors (Lipinski definition) is 3. The molecular formula is C33H50N6O4. The Hall–Kier alpha value is -2.52. The normalized spacial score (nSPS) is 31.5. The average molecular weight is 595 g/mol. The van der Waals surface area contributed by atoms with E-state index >= 15 is 0 Å². The number of ether oxygens (including phenoxy) is 3. The van der Waals surface area contributed by atoms with Crippen molar-refractivity contribution >= 4 is 5.91 Å². The molecule has 236 valence electrons. The fourth-order valence-electron chi connectivity index (χ4n) is 7.66. The molecule has 10 heteroatoms. The molecule has 5 rings (SSSR count). The summed E-state index contributed by atoms with van der Waals surface area (Å²) in [6, 6.07) is 8.58. The van der Waals surface area contributed by atoms with Gasteiger partial charge in [0.25, 0.3) is 0 Å². The third-order valence-corrected chi connectivity index (χ3v) is 9.98. The Morgan fingerprint density at radius 3 is 3.00 bits per heavy atom. The first-order valence-electron chi connectivity index (χ1n) is 16.0. The Labute approximate surface area is 257 Å². The maximum absolute atomic E-state index is 12.6. The smallest absolute Gasteiger partial charge is 0.246 e. The summed E-state index contributed by atoms with van der Waals surface area (Å²) in [7, 11) is 3.74. The van der Waals surface area contributed by atoms with E-state index in [1.165, 1.54) is 17.2 Å². The second-order valence-corrected chi connectivity index (χ2v) is 12.8. The number of nitrogens with one attached hydrogen (secondary N) is 3. The van der Waals surface area contributed by atoms with Gasteiger partial charge in [0.15, 0.2) is 6.35 Å². The summed E-state index contributed by atoms with van der Waals surface area (Å²) in [6.07, 6.45) is 7.38. The summed E-state index contributed by atoms with van der Waals surface area (Å²) < 4.78 is 18.9. The lowest BCUT2D eigenvalue weighted by Crippen LogP contribution is -2.73. The number of carbonyl (C=O) groups excluding carboxylic acids is 1. The maximum atomic E-state index is 12.6. The largest absolute Gasteiger partial charge is 0.496 e. The van der Waals surface area contributed by atoms with Crippen molar-refractivity contribution < 1.29 is 19.0 Å². The van der Waals surface area contributed by atoms with Crippen LogP contribution in [0.2, 0.25) is 0 Å². The van der Waals surface area contributed by atoms with Crippen molar-refractivity contribution in [1.82, 2.24) is 25.8 Å². The third kappa shape index (κ3) is 7.25. The van der Waals surface area contributed by atoms with Crippen LogP contribution in [0.25, 0.3) is 0 Å².